The molecule has 6 heteroatoms. The van der Waals surface area contributed by atoms with Gasteiger partial charge in [0.1, 0.15) is 5.76 Å². The van der Waals surface area contributed by atoms with Crippen molar-refractivity contribution in [2.24, 2.45) is 5.92 Å². The van der Waals surface area contributed by atoms with Crippen LogP contribution in [0, 0.1) is 19.8 Å². The maximum absolute atomic E-state index is 12.0. The minimum Gasteiger partial charge on any atom is -0.361 e. The monoisotopic (exact) mass is 343 g/mol. The lowest BCUT2D eigenvalue weighted by Crippen LogP contribution is -2.23. The molecule has 6 nitrogen and oxygen atoms in total. The van der Waals surface area contributed by atoms with Gasteiger partial charge in [0, 0.05) is 30.1 Å². The van der Waals surface area contributed by atoms with Crippen LogP contribution < -0.4 is 10.6 Å². The van der Waals surface area contributed by atoms with Gasteiger partial charge in [0.15, 0.2) is 0 Å². The number of carbonyl (C=O) groups is 2. The molecular formula is C19H25N3O3. The predicted octanol–water partition coefficient (Wildman–Crippen LogP) is 3.13. The average molecular weight is 343 g/mol. The van der Waals surface area contributed by atoms with Crippen molar-refractivity contribution in [2.45, 2.75) is 47.1 Å². The van der Waals surface area contributed by atoms with Crippen molar-refractivity contribution in [1.29, 1.82) is 0 Å². The number of aromatic nitrogens is 1. The van der Waals surface area contributed by atoms with Gasteiger partial charge in [0.05, 0.1) is 5.69 Å². The Morgan fingerprint density at radius 3 is 2.40 bits per heavy atom. The highest BCUT2D eigenvalue weighted by Gasteiger charge is 2.11. The molecule has 0 aliphatic heterocycles. The van der Waals surface area contributed by atoms with E-state index in [9.17, 15) is 9.59 Å². The summed E-state index contributed by atoms with van der Waals surface area (Å²) in [5.74, 6) is 0.679. The van der Waals surface area contributed by atoms with E-state index in [1.807, 2.05) is 52.0 Å². The molecule has 0 aliphatic rings. The Morgan fingerprint density at radius 2 is 1.84 bits per heavy atom. The lowest BCUT2D eigenvalue weighted by atomic mass is 10.1. The molecule has 0 bridgehead atoms. The molecule has 0 unspecified atom stereocenters. The van der Waals surface area contributed by atoms with E-state index in [2.05, 4.69) is 15.8 Å². The zero-order chi connectivity index (χ0) is 18.4. The van der Waals surface area contributed by atoms with E-state index >= 15 is 0 Å². The third kappa shape index (κ3) is 5.45. The van der Waals surface area contributed by atoms with E-state index < -0.39 is 0 Å². The van der Waals surface area contributed by atoms with Crippen LogP contribution in [-0.2, 0) is 22.6 Å². The molecule has 1 aromatic carbocycles. The lowest BCUT2D eigenvalue weighted by molar-refractivity contribution is -0.121. The van der Waals surface area contributed by atoms with Crippen LogP contribution in [0.4, 0.5) is 5.69 Å². The minimum atomic E-state index is -0.0586. The van der Waals surface area contributed by atoms with Gasteiger partial charge >= 0.3 is 0 Å². The molecule has 1 heterocycles. The molecule has 0 saturated carbocycles. The van der Waals surface area contributed by atoms with E-state index in [4.69, 9.17) is 4.52 Å². The molecule has 0 saturated heterocycles. The van der Waals surface area contributed by atoms with E-state index in [1.165, 1.54) is 0 Å². The van der Waals surface area contributed by atoms with Crippen LogP contribution in [0.2, 0.25) is 0 Å². The van der Waals surface area contributed by atoms with E-state index in [0.29, 0.717) is 19.4 Å². The van der Waals surface area contributed by atoms with Gasteiger partial charge in [-0.15, -0.1) is 0 Å². The quantitative estimate of drug-likeness (QED) is 0.809. The molecule has 1 aromatic heterocycles. The second kappa shape index (κ2) is 8.46. The van der Waals surface area contributed by atoms with Crippen LogP contribution in [-0.4, -0.2) is 17.0 Å². The van der Waals surface area contributed by atoms with Crippen LogP contribution in [0.3, 0.4) is 0 Å². The summed E-state index contributed by atoms with van der Waals surface area (Å²) in [6.07, 6.45) is 1.01. The Hall–Kier alpha value is -2.63. The second-order valence-corrected chi connectivity index (χ2v) is 6.42. The molecule has 2 rings (SSSR count). The molecule has 2 aromatic rings. The Labute approximate surface area is 148 Å². The van der Waals surface area contributed by atoms with E-state index in [-0.39, 0.29) is 17.7 Å². The Kier molecular flexibility index (Phi) is 6.33. The third-order valence-corrected chi connectivity index (χ3v) is 4.02. The van der Waals surface area contributed by atoms with Gasteiger partial charge in [-0.1, -0.05) is 31.1 Å². The van der Waals surface area contributed by atoms with Crippen molar-refractivity contribution < 1.29 is 14.1 Å². The Bertz CT molecular complexity index is 713. The summed E-state index contributed by atoms with van der Waals surface area (Å²) in [5, 5.41) is 9.63. The maximum Gasteiger partial charge on any atom is 0.226 e. The van der Waals surface area contributed by atoms with Crippen molar-refractivity contribution in [3.05, 3.63) is 46.8 Å². The second-order valence-electron chi connectivity index (χ2n) is 6.42. The average Bonchev–Trinajstić information content (AvgIpc) is 2.90. The van der Waals surface area contributed by atoms with Crippen LogP contribution in [0.15, 0.2) is 28.8 Å². The highest BCUT2D eigenvalue weighted by Crippen LogP contribution is 2.14. The summed E-state index contributed by atoms with van der Waals surface area (Å²) in [6.45, 7) is 7.89. The zero-order valence-corrected chi connectivity index (χ0v) is 15.2. The summed E-state index contributed by atoms with van der Waals surface area (Å²) in [5.41, 5.74) is 3.57. The number of anilines is 1. The molecule has 0 spiro atoms. The fourth-order valence-corrected chi connectivity index (χ4v) is 2.38. The van der Waals surface area contributed by atoms with Gasteiger partial charge in [-0.2, -0.15) is 0 Å². The van der Waals surface area contributed by atoms with Crippen molar-refractivity contribution in [2.75, 3.05) is 5.32 Å². The van der Waals surface area contributed by atoms with Crippen molar-refractivity contribution in [3.8, 4) is 0 Å². The molecule has 2 amide bonds. The fraction of sp³-hybridized carbons (Fsp3) is 0.421. The number of amides is 2. The number of hydrogen-bond donors (Lipinski definition) is 2. The van der Waals surface area contributed by atoms with E-state index in [0.717, 1.165) is 28.3 Å². The molecule has 0 aliphatic carbocycles. The number of rotatable bonds is 7. The van der Waals surface area contributed by atoms with Crippen molar-refractivity contribution >= 4 is 17.5 Å². The van der Waals surface area contributed by atoms with Gasteiger partial charge in [-0.05, 0) is 38.0 Å². The third-order valence-electron chi connectivity index (χ3n) is 4.02. The highest BCUT2D eigenvalue weighted by atomic mass is 16.5. The summed E-state index contributed by atoms with van der Waals surface area (Å²) >= 11 is 0. The van der Waals surface area contributed by atoms with Gasteiger partial charge in [0.25, 0.3) is 0 Å². The van der Waals surface area contributed by atoms with Gasteiger partial charge in [0.2, 0.25) is 11.8 Å². The standard InChI is InChI=1S/C19H25N3O3/c1-12(2)19(24)21-16-7-5-15(6-8-16)11-20-18(23)10-9-17-13(3)22-25-14(17)4/h5-8,12H,9-11H2,1-4H3,(H,20,23)(H,21,24). The number of nitrogens with zero attached hydrogens (tertiary/aromatic N) is 1. The first-order valence-electron chi connectivity index (χ1n) is 8.45. The summed E-state index contributed by atoms with van der Waals surface area (Å²) < 4.78 is 5.10. The Balaban J connectivity index is 1.79. The van der Waals surface area contributed by atoms with Crippen LogP contribution in [0.25, 0.3) is 0 Å². The number of hydrogen-bond acceptors (Lipinski definition) is 4. The first-order chi connectivity index (χ1) is 11.9. The molecule has 0 radical (unpaired) electrons. The summed E-state index contributed by atoms with van der Waals surface area (Å²) in [4.78, 5) is 23.7. The molecule has 0 fully saturated rings. The Morgan fingerprint density at radius 1 is 1.16 bits per heavy atom. The van der Waals surface area contributed by atoms with Crippen LogP contribution in [0.5, 0.6) is 0 Å². The number of benzene rings is 1. The first kappa shape index (κ1) is 18.7. The van der Waals surface area contributed by atoms with Crippen LogP contribution in [0.1, 0.15) is 42.8 Å². The topological polar surface area (TPSA) is 84.2 Å². The number of aryl methyl sites for hydroxylation is 2. The molecule has 134 valence electrons. The first-order valence-corrected chi connectivity index (χ1v) is 8.45. The maximum atomic E-state index is 12.0. The lowest BCUT2D eigenvalue weighted by Gasteiger charge is -2.09. The summed E-state index contributed by atoms with van der Waals surface area (Å²) in [6, 6.07) is 7.46. The van der Waals surface area contributed by atoms with Gasteiger partial charge in [-0.25, -0.2) is 0 Å². The predicted molar refractivity (Wildman–Crippen MR) is 96.1 cm³/mol. The van der Waals surface area contributed by atoms with Gasteiger partial charge < -0.3 is 15.2 Å². The minimum absolute atomic E-state index is 0.0135. The van der Waals surface area contributed by atoms with Crippen molar-refractivity contribution in [1.82, 2.24) is 10.5 Å². The molecule has 0 atom stereocenters. The largest absolute Gasteiger partial charge is 0.361 e. The molecule has 2 N–H and O–H groups in total. The van der Waals surface area contributed by atoms with E-state index in [1.54, 1.807) is 0 Å². The summed E-state index contributed by atoms with van der Waals surface area (Å²) in [7, 11) is 0. The normalized spacial score (nSPS) is 10.8. The zero-order valence-electron chi connectivity index (χ0n) is 15.2. The van der Waals surface area contributed by atoms with Crippen LogP contribution >= 0.6 is 0 Å². The van der Waals surface area contributed by atoms with Gasteiger partial charge in [-0.3, -0.25) is 9.59 Å². The molecular weight excluding hydrogens is 318 g/mol. The fourth-order valence-electron chi connectivity index (χ4n) is 2.38. The number of nitrogens with one attached hydrogen (secondary N) is 2. The highest BCUT2D eigenvalue weighted by molar-refractivity contribution is 5.92. The van der Waals surface area contributed by atoms with Crippen molar-refractivity contribution in [3.63, 3.8) is 0 Å². The SMILES string of the molecule is Cc1noc(C)c1CCC(=O)NCc1ccc(NC(=O)C(C)C)cc1. The number of carbonyl (C=O) groups excluding carboxylic acids is 2. The smallest absolute Gasteiger partial charge is 0.226 e. The molecule has 25 heavy (non-hydrogen) atoms.